The summed E-state index contributed by atoms with van der Waals surface area (Å²) in [6.45, 7) is 0. The van der Waals surface area contributed by atoms with E-state index in [-0.39, 0.29) is 11.4 Å². The van der Waals surface area contributed by atoms with E-state index in [1.807, 2.05) is 23.7 Å². The number of halogens is 3. The first-order chi connectivity index (χ1) is 14.3. The maximum atomic E-state index is 13.4. The maximum absolute atomic E-state index is 13.4. The zero-order valence-corrected chi connectivity index (χ0v) is 16.1. The third kappa shape index (κ3) is 2.84. The standard InChI is InChI=1S/C21H18F3N5O/c1-27-12-25-26-19(27)10-13-7-8-15-14(13)4-2-6-17(15)29-11-18-16(21(22,23)24)5-3-9-28(18)20(29)30/h2-6,9,11-13H,7-8,10H2,1H3/t13-/m0/s1. The summed E-state index contributed by atoms with van der Waals surface area (Å²) in [7, 11) is 1.89. The van der Waals surface area contributed by atoms with Crippen molar-refractivity contribution in [3.05, 3.63) is 82.1 Å². The lowest BCUT2D eigenvalue weighted by molar-refractivity contribution is -0.136. The van der Waals surface area contributed by atoms with Crippen molar-refractivity contribution >= 4 is 5.52 Å². The Bertz CT molecular complexity index is 1310. The van der Waals surface area contributed by atoms with E-state index in [4.69, 9.17) is 0 Å². The van der Waals surface area contributed by atoms with Crippen molar-refractivity contribution < 1.29 is 13.2 Å². The molecule has 0 spiro atoms. The molecule has 0 unspecified atom stereocenters. The molecule has 0 saturated carbocycles. The molecule has 5 rings (SSSR count). The SMILES string of the molecule is Cn1cnnc1C[C@@H]1CCc2c1cccc2-n1cc2c(C(F)(F)F)cccn2c1=O. The normalized spacial score (nSPS) is 16.3. The van der Waals surface area contributed by atoms with Gasteiger partial charge in [-0.2, -0.15) is 13.2 Å². The van der Waals surface area contributed by atoms with Crippen LogP contribution >= 0.6 is 0 Å². The Morgan fingerprint density at radius 1 is 1.20 bits per heavy atom. The van der Waals surface area contributed by atoms with Crippen molar-refractivity contribution in [2.75, 3.05) is 0 Å². The molecule has 0 bridgehead atoms. The van der Waals surface area contributed by atoms with Gasteiger partial charge in [0, 0.05) is 25.9 Å². The largest absolute Gasteiger partial charge is 0.418 e. The lowest BCUT2D eigenvalue weighted by Crippen LogP contribution is -2.19. The Balaban J connectivity index is 1.62. The fraction of sp³-hybridized carbons (Fsp3) is 0.286. The van der Waals surface area contributed by atoms with E-state index < -0.39 is 17.4 Å². The minimum absolute atomic E-state index is 0.152. The molecule has 0 N–H and O–H groups in total. The number of fused-ring (bicyclic) bond motifs is 2. The minimum atomic E-state index is -4.54. The number of imidazole rings is 1. The number of pyridine rings is 1. The second kappa shape index (κ2) is 6.58. The van der Waals surface area contributed by atoms with Crippen molar-refractivity contribution in [2.45, 2.75) is 31.4 Å². The summed E-state index contributed by atoms with van der Waals surface area (Å²) in [5, 5.41) is 8.08. The average molecular weight is 413 g/mol. The Kier molecular flexibility index (Phi) is 4.09. The van der Waals surface area contributed by atoms with Crippen LogP contribution in [0.25, 0.3) is 11.2 Å². The molecule has 3 heterocycles. The molecule has 1 atom stereocenters. The van der Waals surface area contributed by atoms with Crippen molar-refractivity contribution in [3.63, 3.8) is 0 Å². The number of rotatable bonds is 3. The van der Waals surface area contributed by atoms with Gasteiger partial charge in [-0.05, 0) is 48.1 Å². The molecule has 30 heavy (non-hydrogen) atoms. The van der Waals surface area contributed by atoms with Crippen LogP contribution in [0.5, 0.6) is 0 Å². The highest BCUT2D eigenvalue weighted by atomic mass is 19.4. The highest BCUT2D eigenvalue weighted by Gasteiger charge is 2.34. The van der Waals surface area contributed by atoms with Crippen molar-refractivity contribution in [1.82, 2.24) is 23.7 Å². The molecule has 1 aliphatic carbocycles. The van der Waals surface area contributed by atoms with Crippen LogP contribution in [0.1, 0.15) is 34.9 Å². The quantitative estimate of drug-likeness (QED) is 0.517. The molecule has 1 aliphatic rings. The molecule has 1 aromatic carbocycles. The van der Waals surface area contributed by atoms with E-state index >= 15 is 0 Å². The van der Waals surface area contributed by atoms with E-state index in [9.17, 15) is 18.0 Å². The third-order valence-electron chi connectivity index (χ3n) is 5.87. The molecule has 6 nitrogen and oxygen atoms in total. The number of alkyl halides is 3. The molecule has 3 aromatic heterocycles. The molecular formula is C21H18F3N5O. The molecule has 9 heteroatoms. The van der Waals surface area contributed by atoms with E-state index in [1.165, 1.54) is 23.0 Å². The lowest BCUT2D eigenvalue weighted by atomic mass is 9.97. The van der Waals surface area contributed by atoms with Gasteiger partial charge in [0.15, 0.2) is 0 Å². The highest BCUT2D eigenvalue weighted by molar-refractivity contribution is 5.58. The number of aromatic nitrogens is 5. The van der Waals surface area contributed by atoms with E-state index in [0.717, 1.165) is 46.7 Å². The topological polar surface area (TPSA) is 57.1 Å². The van der Waals surface area contributed by atoms with Crippen LogP contribution in [-0.2, 0) is 26.1 Å². The first-order valence-corrected chi connectivity index (χ1v) is 9.59. The molecule has 0 fully saturated rings. The van der Waals surface area contributed by atoms with Gasteiger partial charge in [-0.25, -0.2) is 4.79 Å². The third-order valence-corrected chi connectivity index (χ3v) is 5.87. The summed E-state index contributed by atoms with van der Waals surface area (Å²) in [6.07, 6.45) is 2.13. The second-order valence-corrected chi connectivity index (χ2v) is 7.60. The van der Waals surface area contributed by atoms with E-state index in [0.29, 0.717) is 5.69 Å². The Labute approximate surface area is 169 Å². The van der Waals surface area contributed by atoms with Gasteiger partial charge in [-0.3, -0.25) is 8.97 Å². The van der Waals surface area contributed by atoms with Crippen LogP contribution in [0.2, 0.25) is 0 Å². The van der Waals surface area contributed by atoms with Gasteiger partial charge < -0.3 is 4.57 Å². The predicted molar refractivity (Wildman–Crippen MR) is 104 cm³/mol. The Morgan fingerprint density at radius 2 is 2.03 bits per heavy atom. The molecule has 0 amide bonds. The van der Waals surface area contributed by atoms with E-state index in [2.05, 4.69) is 10.2 Å². The van der Waals surface area contributed by atoms with Gasteiger partial charge in [-0.15, -0.1) is 10.2 Å². The fourth-order valence-electron chi connectivity index (χ4n) is 4.40. The van der Waals surface area contributed by atoms with Crippen LogP contribution in [0.4, 0.5) is 13.2 Å². The van der Waals surface area contributed by atoms with Gasteiger partial charge in [0.1, 0.15) is 12.2 Å². The summed E-state index contributed by atoms with van der Waals surface area (Å²) in [6, 6.07) is 7.90. The maximum Gasteiger partial charge on any atom is 0.418 e. The number of hydrogen-bond donors (Lipinski definition) is 0. The molecule has 0 aliphatic heterocycles. The van der Waals surface area contributed by atoms with Crippen LogP contribution in [0, 0.1) is 0 Å². The van der Waals surface area contributed by atoms with Crippen molar-refractivity contribution in [2.24, 2.45) is 7.05 Å². The van der Waals surface area contributed by atoms with Gasteiger partial charge in [0.05, 0.1) is 16.8 Å². The van der Waals surface area contributed by atoms with E-state index in [1.54, 1.807) is 12.4 Å². The summed E-state index contributed by atoms with van der Waals surface area (Å²) in [5.74, 6) is 1.10. The van der Waals surface area contributed by atoms with Crippen molar-refractivity contribution in [3.8, 4) is 5.69 Å². The summed E-state index contributed by atoms with van der Waals surface area (Å²) >= 11 is 0. The van der Waals surface area contributed by atoms with Gasteiger partial charge >= 0.3 is 11.9 Å². The van der Waals surface area contributed by atoms with Gasteiger partial charge in [0.25, 0.3) is 0 Å². The number of aryl methyl sites for hydroxylation is 1. The van der Waals surface area contributed by atoms with Crippen molar-refractivity contribution in [1.29, 1.82) is 0 Å². The summed E-state index contributed by atoms with van der Waals surface area (Å²) < 4.78 is 44.5. The van der Waals surface area contributed by atoms with Crippen LogP contribution in [-0.4, -0.2) is 23.7 Å². The van der Waals surface area contributed by atoms with Gasteiger partial charge in [-0.1, -0.05) is 12.1 Å². The molecule has 0 saturated heterocycles. The zero-order chi connectivity index (χ0) is 21.0. The lowest BCUT2D eigenvalue weighted by Gasteiger charge is -2.12. The first-order valence-electron chi connectivity index (χ1n) is 9.59. The molecular weight excluding hydrogens is 395 g/mol. The first kappa shape index (κ1) is 18.7. The number of nitrogens with zero attached hydrogens (tertiary/aromatic N) is 5. The second-order valence-electron chi connectivity index (χ2n) is 7.60. The Morgan fingerprint density at radius 3 is 2.77 bits per heavy atom. The van der Waals surface area contributed by atoms with Crippen LogP contribution in [0.3, 0.4) is 0 Å². The zero-order valence-electron chi connectivity index (χ0n) is 16.1. The average Bonchev–Trinajstić information content (AvgIpc) is 3.40. The summed E-state index contributed by atoms with van der Waals surface area (Å²) in [4.78, 5) is 12.9. The summed E-state index contributed by atoms with van der Waals surface area (Å²) in [5.41, 5.74) is 1.25. The Hall–Kier alpha value is -3.36. The smallest absolute Gasteiger partial charge is 0.321 e. The highest BCUT2D eigenvalue weighted by Crippen LogP contribution is 2.38. The van der Waals surface area contributed by atoms with Crippen LogP contribution < -0.4 is 5.69 Å². The fourth-order valence-corrected chi connectivity index (χ4v) is 4.40. The molecule has 4 aromatic rings. The molecule has 0 radical (unpaired) electrons. The predicted octanol–water partition coefficient (Wildman–Crippen LogP) is 3.51. The number of hydrogen-bond acceptors (Lipinski definition) is 3. The number of benzene rings is 1. The van der Waals surface area contributed by atoms with Crippen LogP contribution in [0.15, 0.2) is 53.8 Å². The molecule has 154 valence electrons. The van der Waals surface area contributed by atoms with Gasteiger partial charge in [0.2, 0.25) is 0 Å². The monoisotopic (exact) mass is 413 g/mol. The minimum Gasteiger partial charge on any atom is -0.321 e.